The second-order valence-electron chi connectivity index (χ2n) is 15.1. The number of carboxylic acid groups (broad SMARTS) is 2. The predicted octanol–water partition coefficient (Wildman–Crippen LogP) is 9.05. The van der Waals surface area contributed by atoms with E-state index in [9.17, 15) is 27.9 Å². The van der Waals surface area contributed by atoms with Crippen LogP contribution < -0.4 is 10.6 Å². The van der Waals surface area contributed by atoms with E-state index in [-0.39, 0.29) is 18.1 Å². The minimum absolute atomic E-state index is 0.183. The van der Waals surface area contributed by atoms with Crippen LogP contribution in [0.1, 0.15) is 86.8 Å². The molecule has 1 heterocycles. The van der Waals surface area contributed by atoms with Crippen LogP contribution in [-0.2, 0) is 32.4 Å². The van der Waals surface area contributed by atoms with Crippen molar-refractivity contribution in [1.29, 1.82) is 0 Å². The van der Waals surface area contributed by atoms with Crippen molar-refractivity contribution in [3.8, 4) is 11.1 Å². The maximum atomic E-state index is 13.5. The van der Waals surface area contributed by atoms with Gasteiger partial charge in [0.1, 0.15) is 15.9 Å². The van der Waals surface area contributed by atoms with Gasteiger partial charge < -0.3 is 20.8 Å². The van der Waals surface area contributed by atoms with Gasteiger partial charge in [-0.05, 0) is 117 Å². The largest absolute Gasteiger partial charge is 0.481 e. The Bertz CT molecular complexity index is 1830. The van der Waals surface area contributed by atoms with E-state index in [1.807, 2.05) is 94.0 Å². The number of thioether (sulfide) groups is 3. The zero-order valence-corrected chi connectivity index (χ0v) is 41.4. The second kappa shape index (κ2) is 30.9. The molecule has 0 radical (unpaired) electrons. The molecule has 3 aromatic rings. The molecular formula is C47H73N3O7S4. The van der Waals surface area contributed by atoms with Crippen molar-refractivity contribution in [2.24, 2.45) is 5.92 Å². The number of hydrogen-bond acceptors (Lipinski definition) is 10. The number of aliphatic carboxylic acids is 2. The molecular weight excluding hydrogens is 847 g/mol. The third kappa shape index (κ3) is 21.3. The first-order valence-corrected chi connectivity index (χ1v) is 27.4. The lowest BCUT2D eigenvalue weighted by atomic mass is 9.93. The van der Waals surface area contributed by atoms with Gasteiger partial charge in [0.2, 0.25) is 0 Å². The van der Waals surface area contributed by atoms with Crippen molar-refractivity contribution >= 4 is 63.0 Å². The summed E-state index contributed by atoms with van der Waals surface area (Å²) in [5.41, 5.74) is 5.41. The number of aryl methyl sites for hydroxylation is 1. The highest BCUT2D eigenvalue weighted by Crippen LogP contribution is 2.33. The van der Waals surface area contributed by atoms with E-state index in [0.29, 0.717) is 23.7 Å². The average Bonchev–Trinajstić information content (AvgIpc) is 3.61. The monoisotopic (exact) mass is 919 g/mol. The van der Waals surface area contributed by atoms with E-state index >= 15 is 0 Å². The van der Waals surface area contributed by atoms with Crippen molar-refractivity contribution in [2.45, 2.75) is 104 Å². The Morgan fingerprint density at radius 1 is 0.836 bits per heavy atom. The summed E-state index contributed by atoms with van der Waals surface area (Å²) < 4.78 is 23.3. The lowest BCUT2D eigenvalue weighted by Gasteiger charge is -2.30. The maximum Gasteiger partial charge on any atom is 0.326 e. The molecule has 0 bridgehead atoms. The zero-order valence-electron chi connectivity index (χ0n) is 38.1. The van der Waals surface area contributed by atoms with Crippen LogP contribution in [0.4, 0.5) is 0 Å². The fraction of sp³-hybridized carbons (Fsp3) is 0.553. The summed E-state index contributed by atoms with van der Waals surface area (Å²) in [6.45, 7) is 10.7. The van der Waals surface area contributed by atoms with Gasteiger partial charge in [-0.15, -0.1) is 0 Å². The van der Waals surface area contributed by atoms with Gasteiger partial charge in [-0.2, -0.15) is 35.3 Å². The molecule has 10 nitrogen and oxygen atoms in total. The Labute approximate surface area is 380 Å². The molecule has 5 atom stereocenters. The summed E-state index contributed by atoms with van der Waals surface area (Å²) in [6, 6.07) is 24.5. The molecule has 1 saturated heterocycles. The smallest absolute Gasteiger partial charge is 0.326 e. The van der Waals surface area contributed by atoms with Gasteiger partial charge in [0.25, 0.3) is 5.91 Å². The van der Waals surface area contributed by atoms with Gasteiger partial charge >= 0.3 is 11.9 Å². The number of rotatable bonds is 21. The fourth-order valence-corrected chi connectivity index (χ4v) is 9.60. The minimum atomic E-state index is -3.38. The Kier molecular flexibility index (Phi) is 28.4. The summed E-state index contributed by atoms with van der Waals surface area (Å²) in [4.78, 5) is 38.2. The van der Waals surface area contributed by atoms with Crippen molar-refractivity contribution in [3.05, 3.63) is 95.1 Å². The predicted molar refractivity (Wildman–Crippen MR) is 263 cm³/mol. The van der Waals surface area contributed by atoms with Gasteiger partial charge in [0.15, 0.2) is 0 Å². The molecule has 342 valence electrons. The van der Waals surface area contributed by atoms with E-state index in [4.69, 9.17) is 5.11 Å². The number of carboxylic acids is 2. The van der Waals surface area contributed by atoms with Crippen LogP contribution in [0, 0.1) is 12.8 Å². The summed E-state index contributed by atoms with van der Waals surface area (Å²) in [7, 11) is -1.36. The number of carbonyl (C=O) groups excluding carboxylic acids is 1. The van der Waals surface area contributed by atoms with Crippen LogP contribution in [0.25, 0.3) is 11.1 Å². The number of nitrogens with zero attached hydrogens (tertiary/aromatic N) is 1. The second-order valence-corrected chi connectivity index (χ2v) is 20.1. The lowest BCUT2D eigenvalue weighted by Crippen LogP contribution is -2.42. The van der Waals surface area contributed by atoms with E-state index in [0.717, 1.165) is 72.2 Å². The number of amides is 1. The van der Waals surface area contributed by atoms with Crippen molar-refractivity contribution in [1.82, 2.24) is 15.5 Å². The van der Waals surface area contributed by atoms with Crippen molar-refractivity contribution < 1.29 is 33.0 Å². The van der Waals surface area contributed by atoms with E-state index in [1.54, 1.807) is 24.8 Å². The molecule has 4 N–H and O–H groups in total. The lowest BCUT2D eigenvalue weighted by molar-refractivity contribution is -0.141. The Morgan fingerprint density at radius 3 is 2.00 bits per heavy atom. The van der Waals surface area contributed by atoms with Crippen LogP contribution in [0.15, 0.2) is 72.8 Å². The van der Waals surface area contributed by atoms with Crippen LogP contribution in [0.2, 0.25) is 0 Å². The van der Waals surface area contributed by atoms with Gasteiger partial charge in [-0.25, -0.2) is 13.2 Å². The quantitative estimate of drug-likeness (QED) is 0.0807. The maximum absolute atomic E-state index is 13.5. The van der Waals surface area contributed by atoms with Crippen LogP contribution >= 0.6 is 35.3 Å². The van der Waals surface area contributed by atoms with Crippen molar-refractivity contribution in [3.63, 3.8) is 0 Å². The number of hydrogen-bond donors (Lipinski definition) is 4. The standard InChI is InChI=1S/C33H40N2O5S2.C6H15NS.C6H12O2S.C2H6/c1-23-9-7-8-12-28(23)30-20-25(13-16-29(30)32(36)34-31(33(37)38)17-18-42(3,39)40)21-35-26(14-15-27(35)22-41-2)19-24-10-5-4-6-11-24;1-4-6(7-2)5-8-3;1-5(6(7)8)3-4-9-2;1-2/h4-13,16,20,26-27,31H,14-15,17-19,21-22H2,1-3H3,(H,34,36)(H,37,38);6-7H,4-5H2,1-3H3;5H,3-4H2,1-2H3,(H,7,8);1-2H3. The number of sulfone groups is 1. The topological polar surface area (TPSA) is 153 Å². The van der Waals surface area contributed by atoms with Crippen molar-refractivity contribution in [2.75, 3.05) is 55.1 Å². The third-order valence-corrected chi connectivity index (χ3v) is 13.5. The first-order valence-electron chi connectivity index (χ1n) is 21.2. The zero-order chi connectivity index (χ0) is 46.0. The Hall–Kier alpha value is -3.01. The molecule has 1 aliphatic rings. The summed E-state index contributed by atoms with van der Waals surface area (Å²) in [6.07, 6.45) is 12.4. The molecule has 0 aromatic heterocycles. The molecule has 0 aliphatic carbocycles. The van der Waals surface area contributed by atoms with Gasteiger partial charge in [-0.3, -0.25) is 14.5 Å². The molecule has 0 spiro atoms. The molecule has 1 aliphatic heterocycles. The molecule has 5 unspecified atom stereocenters. The van der Waals surface area contributed by atoms with E-state index < -0.39 is 33.7 Å². The Balaban J connectivity index is 0.000000815. The van der Waals surface area contributed by atoms with Gasteiger partial charge in [-0.1, -0.05) is 88.4 Å². The highest BCUT2D eigenvalue weighted by molar-refractivity contribution is 7.99. The number of nitrogens with one attached hydrogen (secondary N) is 2. The summed E-state index contributed by atoms with van der Waals surface area (Å²) >= 11 is 5.44. The number of likely N-dealkylation sites (tertiary alicyclic amines) is 1. The Morgan fingerprint density at radius 2 is 1.48 bits per heavy atom. The molecule has 4 rings (SSSR count). The number of benzene rings is 3. The molecule has 1 fully saturated rings. The minimum Gasteiger partial charge on any atom is -0.481 e. The third-order valence-electron chi connectivity index (χ3n) is 10.4. The molecule has 0 saturated carbocycles. The van der Waals surface area contributed by atoms with Gasteiger partial charge in [0, 0.05) is 48.0 Å². The first-order chi connectivity index (χ1) is 29.1. The SMILES string of the molecule is CC.CCC(CSC)NC.CSCC1CCC(Cc2ccccc2)N1Cc1ccc(C(=O)NC(CCS(C)(=O)=O)C(=O)O)c(-c2ccccc2C)c1.CSCCC(C)C(=O)O. The van der Waals surface area contributed by atoms with Gasteiger partial charge in [0.05, 0.1) is 11.7 Å². The molecule has 1 amide bonds. The average molecular weight is 920 g/mol. The van der Waals surface area contributed by atoms with Crippen LogP contribution in [0.3, 0.4) is 0 Å². The highest BCUT2D eigenvalue weighted by atomic mass is 32.2. The number of carbonyl (C=O) groups is 3. The first kappa shape index (κ1) is 56.0. The fourth-order valence-electron chi connectivity index (χ4n) is 6.80. The van der Waals surface area contributed by atoms with E-state index in [2.05, 4.69) is 65.3 Å². The van der Waals surface area contributed by atoms with Crippen LogP contribution in [0.5, 0.6) is 0 Å². The van der Waals surface area contributed by atoms with Crippen LogP contribution in [-0.4, -0.2) is 121 Å². The summed E-state index contributed by atoms with van der Waals surface area (Å²) in [5.74, 6) is 0.219. The van der Waals surface area contributed by atoms with E-state index in [1.165, 1.54) is 17.7 Å². The molecule has 3 aromatic carbocycles. The molecule has 61 heavy (non-hydrogen) atoms. The highest BCUT2D eigenvalue weighted by Gasteiger charge is 2.33. The molecule has 14 heteroatoms. The summed E-state index contributed by atoms with van der Waals surface area (Å²) in [5, 5.41) is 23.9. The normalized spacial score (nSPS) is 16.3.